The molecule has 0 fully saturated rings. The van der Waals surface area contributed by atoms with Crippen molar-refractivity contribution in [1.29, 1.82) is 0 Å². The summed E-state index contributed by atoms with van der Waals surface area (Å²) in [5.74, 6) is -2.53. The SMILES string of the molecule is CCNC(=O)[C@@H](NC(=O)[C@H](C)NC[C@H](Cc1ccccc1)NC(=O)c1cc(C(=O)NCc2ccccc2F)cc(N(C)S(C)(=O)=O)c1)C(C)C. The number of carbonyl (C=O) groups excluding carboxylic acids is 4. The van der Waals surface area contributed by atoms with Crippen LogP contribution in [0, 0.1) is 11.7 Å². The van der Waals surface area contributed by atoms with Crippen molar-refractivity contribution in [3.63, 3.8) is 0 Å². The number of anilines is 1. The Hall–Kier alpha value is -4.82. The number of nitrogens with one attached hydrogen (secondary N) is 5. The molecule has 3 aromatic carbocycles. The first kappa shape index (κ1) is 39.6. The van der Waals surface area contributed by atoms with Crippen molar-refractivity contribution in [3.05, 3.63) is 101 Å². The van der Waals surface area contributed by atoms with E-state index in [-0.39, 0.29) is 53.2 Å². The Morgan fingerprint density at radius 3 is 2.04 bits per heavy atom. The number of benzene rings is 3. The number of amides is 4. The van der Waals surface area contributed by atoms with E-state index in [1.54, 1.807) is 19.9 Å². The number of hydrogen-bond donors (Lipinski definition) is 5. The number of nitrogens with zero attached hydrogens (tertiary/aromatic N) is 1. The summed E-state index contributed by atoms with van der Waals surface area (Å²) in [7, 11) is -2.46. The van der Waals surface area contributed by atoms with E-state index in [1.807, 2.05) is 44.2 Å². The molecule has 0 unspecified atom stereocenters. The van der Waals surface area contributed by atoms with Crippen molar-refractivity contribution >= 4 is 39.3 Å². The lowest BCUT2D eigenvalue weighted by molar-refractivity contribution is -0.130. The molecule has 5 N–H and O–H groups in total. The molecule has 3 aromatic rings. The highest BCUT2D eigenvalue weighted by Crippen LogP contribution is 2.21. The summed E-state index contributed by atoms with van der Waals surface area (Å²) < 4.78 is 40.0. The zero-order valence-electron chi connectivity index (χ0n) is 29.2. The lowest BCUT2D eigenvalue weighted by Crippen LogP contribution is -2.55. The third-order valence-electron chi connectivity index (χ3n) is 8.02. The molecule has 0 spiro atoms. The van der Waals surface area contributed by atoms with E-state index in [1.165, 1.54) is 43.4 Å². The minimum absolute atomic E-state index is 0.00525. The molecule has 0 radical (unpaired) electrons. The monoisotopic (exact) mass is 710 g/mol. The lowest BCUT2D eigenvalue weighted by atomic mass is 10.0. The van der Waals surface area contributed by atoms with Crippen molar-refractivity contribution in [2.45, 2.75) is 58.8 Å². The Bertz CT molecular complexity index is 1750. The van der Waals surface area contributed by atoms with Crippen LogP contribution < -0.4 is 30.9 Å². The molecular weight excluding hydrogens is 663 g/mol. The van der Waals surface area contributed by atoms with Gasteiger partial charge in [0.1, 0.15) is 11.9 Å². The van der Waals surface area contributed by atoms with Crippen LogP contribution in [0.1, 0.15) is 59.5 Å². The molecule has 0 heterocycles. The molecule has 3 atom stereocenters. The van der Waals surface area contributed by atoms with Gasteiger partial charge in [-0.1, -0.05) is 62.4 Å². The van der Waals surface area contributed by atoms with Crippen LogP contribution in [0.15, 0.2) is 72.8 Å². The highest BCUT2D eigenvalue weighted by atomic mass is 32.2. The molecule has 0 bridgehead atoms. The standard InChI is InChI=1S/C36H47FN6O6S/c1-7-38-36(47)32(23(2)3)42-33(44)24(4)39-22-29(17-25-13-9-8-10-14-25)41-35(46)28-18-27(19-30(20-28)43(5)50(6,48)49)34(45)40-21-26-15-11-12-16-31(26)37/h8-16,18-20,23-24,29,32,39H,7,17,21-22H2,1-6H3,(H,38,47)(H,40,45)(H,41,46)(H,42,44)/t24-,29-,32-/m0/s1. The van der Waals surface area contributed by atoms with E-state index in [0.29, 0.717) is 13.0 Å². The molecule has 270 valence electrons. The molecule has 4 amide bonds. The van der Waals surface area contributed by atoms with E-state index in [9.17, 15) is 32.0 Å². The molecule has 0 aliphatic carbocycles. The van der Waals surface area contributed by atoms with Crippen molar-refractivity contribution in [1.82, 2.24) is 26.6 Å². The van der Waals surface area contributed by atoms with Crippen LogP contribution >= 0.6 is 0 Å². The zero-order chi connectivity index (χ0) is 37.0. The fourth-order valence-corrected chi connectivity index (χ4v) is 5.51. The maximum atomic E-state index is 14.2. The van der Waals surface area contributed by atoms with Crippen molar-refractivity contribution < 1.29 is 32.0 Å². The second-order valence-corrected chi connectivity index (χ2v) is 14.4. The second-order valence-electron chi connectivity index (χ2n) is 12.4. The van der Waals surface area contributed by atoms with E-state index in [4.69, 9.17) is 0 Å². The topological polar surface area (TPSA) is 166 Å². The zero-order valence-corrected chi connectivity index (χ0v) is 30.1. The number of sulfonamides is 1. The van der Waals surface area contributed by atoms with Crippen molar-refractivity contribution in [3.8, 4) is 0 Å². The van der Waals surface area contributed by atoms with Crippen LogP contribution in [-0.4, -0.2) is 76.6 Å². The van der Waals surface area contributed by atoms with Gasteiger partial charge >= 0.3 is 0 Å². The highest BCUT2D eigenvalue weighted by molar-refractivity contribution is 7.92. The average molecular weight is 711 g/mol. The maximum absolute atomic E-state index is 14.2. The summed E-state index contributed by atoms with van der Waals surface area (Å²) in [6.07, 6.45) is 1.37. The second kappa shape index (κ2) is 18.3. The Morgan fingerprint density at radius 1 is 0.820 bits per heavy atom. The summed E-state index contributed by atoms with van der Waals surface area (Å²) in [5, 5.41) is 14.3. The largest absolute Gasteiger partial charge is 0.355 e. The van der Waals surface area contributed by atoms with Gasteiger partial charge in [-0.3, -0.25) is 23.5 Å². The minimum atomic E-state index is -3.77. The molecule has 0 aliphatic heterocycles. The van der Waals surface area contributed by atoms with Crippen LogP contribution in [0.3, 0.4) is 0 Å². The average Bonchev–Trinajstić information content (AvgIpc) is 3.08. The smallest absolute Gasteiger partial charge is 0.251 e. The van der Waals surface area contributed by atoms with Crippen molar-refractivity contribution in [2.24, 2.45) is 5.92 Å². The van der Waals surface area contributed by atoms with Gasteiger partial charge in [0.2, 0.25) is 21.8 Å². The Kier molecular flexibility index (Phi) is 14.5. The van der Waals surface area contributed by atoms with Crippen LogP contribution in [0.5, 0.6) is 0 Å². The molecule has 0 saturated carbocycles. The van der Waals surface area contributed by atoms with Crippen molar-refractivity contribution in [2.75, 3.05) is 30.7 Å². The van der Waals surface area contributed by atoms with Gasteiger partial charge < -0.3 is 26.6 Å². The molecule has 14 heteroatoms. The first-order valence-corrected chi connectivity index (χ1v) is 18.2. The molecule has 3 rings (SSSR count). The number of carbonyl (C=O) groups is 4. The molecule has 0 aromatic heterocycles. The lowest BCUT2D eigenvalue weighted by Gasteiger charge is -2.25. The van der Waals surface area contributed by atoms with Crippen LogP contribution in [-0.2, 0) is 32.6 Å². The Morgan fingerprint density at radius 2 is 1.44 bits per heavy atom. The fraction of sp³-hybridized carbons (Fsp3) is 0.389. The van der Waals surface area contributed by atoms with Gasteiger partial charge in [-0.05, 0) is 56.0 Å². The van der Waals surface area contributed by atoms with Gasteiger partial charge in [0.25, 0.3) is 11.8 Å². The third-order valence-corrected chi connectivity index (χ3v) is 9.23. The third kappa shape index (κ3) is 11.7. The molecule has 0 aliphatic rings. The van der Waals surface area contributed by atoms with E-state index >= 15 is 0 Å². The fourth-order valence-electron chi connectivity index (χ4n) is 5.02. The number of rotatable bonds is 17. The predicted molar refractivity (Wildman–Crippen MR) is 192 cm³/mol. The quantitative estimate of drug-likeness (QED) is 0.144. The molecular formula is C36H47FN6O6S. The summed E-state index contributed by atoms with van der Waals surface area (Å²) in [4.78, 5) is 52.6. The number of likely N-dealkylation sites (N-methyl/N-ethyl adjacent to an activating group) is 1. The molecule has 0 saturated heterocycles. The summed E-state index contributed by atoms with van der Waals surface area (Å²) >= 11 is 0. The highest BCUT2D eigenvalue weighted by Gasteiger charge is 2.27. The van der Waals surface area contributed by atoms with E-state index < -0.39 is 45.8 Å². The predicted octanol–water partition coefficient (Wildman–Crippen LogP) is 2.75. The van der Waals surface area contributed by atoms with Crippen LogP contribution in [0.4, 0.5) is 10.1 Å². The minimum Gasteiger partial charge on any atom is -0.355 e. The summed E-state index contributed by atoms with van der Waals surface area (Å²) in [6.45, 7) is 7.59. The molecule has 50 heavy (non-hydrogen) atoms. The van der Waals surface area contributed by atoms with E-state index in [0.717, 1.165) is 16.1 Å². The maximum Gasteiger partial charge on any atom is 0.251 e. The summed E-state index contributed by atoms with van der Waals surface area (Å²) in [6, 6.07) is 17.4. The molecule has 12 nitrogen and oxygen atoms in total. The van der Waals surface area contributed by atoms with Gasteiger partial charge in [-0.2, -0.15) is 0 Å². The van der Waals surface area contributed by atoms with Gasteiger partial charge in [-0.25, -0.2) is 12.8 Å². The van der Waals surface area contributed by atoms with Crippen LogP contribution in [0.25, 0.3) is 0 Å². The Balaban J connectivity index is 1.85. The van der Waals surface area contributed by atoms with Gasteiger partial charge in [-0.15, -0.1) is 0 Å². The first-order chi connectivity index (χ1) is 23.6. The first-order valence-electron chi connectivity index (χ1n) is 16.4. The van der Waals surface area contributed by atoms with E-state index in [2.05, 4.69) is 26.6 Å². The van der Waals surface area contributed by atoms with Gasteiger partial charge in [0.05, 0.1) is 18.0 Å². The Labute approximate surface area is 293 Å². The van der Waals surface area contributed by atoms with Gasteiger partial charge in [0.15, 0.2) is 0 Å². The normalized spacial score (nSPS) is 13.1. The summed E-state index contributed by atoms with van der Waals surface area (Å²) in [5.41, 5.74) is 1.25. The number of halogens is 1. The van der Waals surface area contributed by atoms with Crippen LogP contribution in [0.2, 0.25) is 0 Å². The van der Waals surface area contributed by atoms with Gasteiger partial charge in [0, 0.05) is 49.4 Å². The number of hydrogen-bond acceptors (Lipinski definition) is 7.